The summed E-state index contributed by atoms with van der Waals surface area (Å²) >= 11 is 0. The molecule has 3 rings (SSSR count). The van der Waals surface area contributed by atoms with Gasteiger partial charge in [-0.1, -0.05) is 20.3 Å². The molecule has 0 bridgehead atoms. The van der Waals surface area contributed by atoms with E-state index in [1.807, 2.05) is 16.8 Å². The van der Waals surface area contributed by atoms with Crippen molar-refractivity contribution in [3.63, 3.8) is 0 Å². The Kier molecular flexibility index (Phi) is 4.93. The third-order valence-electron chi connectivity index (χ3n) is 4.16. The molecule has 22 heavy (non-hydrogen) atoms. The molecular formula is C17H26N4O. The smallest absolute Gasteiger partial charge is 0.157 e. The highest BCUT2D eigenvalue weighted by Gasteiger charge is 2.23. The summed E-state index contributed by atoms with van der Waals surface area (Å²) in [6.07, 6.45) is 7.69. The molecular weight excluding hydrogens is 276 g/mol. The van der Waals surface area contributed by atoms with Crippen LogP contribution in [0.2, 0.25) is 0 Å². The maximum atomic E-state index is 5.97. The summed E-state index contributed by atoms with van der Waals surface area (Å²) < 4.78 is 7.93. The van der Waals surface area contributed by atoms with E-state index in [-0.39, 0.29) is 0 Å². The van der Waals surface area contributed by atoms with E-state index in [0.717, 1.165) is 62.5 Å². The Morgan fingerprint density at radius 3 is 3.05 bits per heavy atom. The Morgan fingerprint density at radius 1 is 1.32 bits per heavy atom. The molecule has 0 amide bonds. The number of hydrogen-bond donors (Lipinski definition) is 0. The van der Waals surface area contributed by atoms with Crippen LogP contribution in [-0.2, 0) is 11.2 Å². The maximum absolute atomic E-state index is 5.97. The minimum absolute atomic E-state index is 0.335. The lowest BCUT2D eigenvalue weighted by Gasteiger charge is -2.34. The minimum atomic E-state index is 0.335. The average molecular weight is 302 g/mol. The van der Waals surface area contributed by atoms with Crippen LogP contribution in [0.3, 0.4) is 0 Å². The van der Waals surface area contributed by atoms with Gasteiger partial charge in [0.1, 0.15) is 5.82 Å². The molecule has 2 aromatic heterocycles. The Labute approximate surface area is 132 Å². The Bertz CT molecular complexity index is 610. The summed E-state index contributed by atoms with van der Waals surface area (Å²) in [6, 6.07) is 4.18. The quantitative estimate of drug-likeness (QED) is 0.822. The molecule has 1 aliphatic rings. The average Bonchev–Trinajstić information content (AvgIpc) is 3.01. The third kappa shape index (κ3) is 3.24. The summed E-state index contributed by atoms with van der Waals surface area (Å²) in [4.78, 5) is 7.10. The fraction of sp³-hybridized carbons (Fsp3) is 0.647. The van der Waals surface area contributed by atoms with Crippen LogP contribution < -0.4 is 4.90 Å². The van der Waals surface area contributed by atoms with Gasteiger partial charge in [0.2, 0.25) is 0 Å². The first-order valence-corrected chi connectivity index (χ1v) is 8.52. The van der Waals surface area contributed by atoms with Crippen LogP contribution >= 0.6 is 0 Å². The normalized spacial score (nSPS) is 19.0. The predicted octanol–water partition coefficient (Wildman–Crippen LogP) is 3.08. The molecule has 1 unspecified atom stereocenters. The zero-order valence-corrected chi connectivity index (χ0v) is 13.7. The number of rotatable bonds is 6. The molecule has 0 aliphatic carbocycles. The fourth-order valence-corrected chi connectivity index (χ4v) is 3.12. The number of aromatic nitrogens is 3. The van der Waals surface area contributed by atoms with Crippen molar-refractivity contribution in [1.82, 2.24) is 14.6 Å². The molecule has 1 fully saturated rings. The summed E-state index contributed by atoms with van der Waals surface area (Å²) in [6.45, 7) is 7.22. The highest BCUT2D eigenvalue weighted by atomic mass is 16.5. The van der Waals surface area contributed by atoms with Crippen molar-refractivity contribution in [3.8, 4) is 0 Å². The highest BCUT2D eigenvalue weighted by molar-refractivity contribution is 5.51. The summed E-state index contributed by atoms with van der Waals surface area (Å²) in [5, 5.41) is 4.45. The van der Waals surface area contributed by atoms with E-state index >= 15 is 0 Å². The molecule has 0 aromatic carbocycles. The Balaban J connectivity index is 1.86. The second kappa shape index (κ2) is 7.09. The highest BCUT2D eigenvalue weighted by Crippen LogP contribution is 2.23. The molecule has 5 heteroatoms. The van der Waals surface area contributed by atoms with Crippen LogP contribution in [0.15, 0.2) is 18.3 Å². The molecule has 5 nitrogen and oxygen atoms in total. The number of hydrogen-bond acceptors (Lipinski definition) is 4. The molecule has 120 valence electrons. The van der Waals surface area contributed by atoms with Gasteiger partial charge in [0, 0.05) is 37.5 Å². The SMILES string of the molecule is CCCOC1CCCN(c2cc(CCC)nc3ccnn23)C1. The van der Waals surface area contributed by atoms with Crippen LogP contribution in [0.5, 0.6) is 0 Å². The summed E-state index contributed by atoms with van der Waals surface area (Å²) in [7, 11) is 0. The van der Waals surface area contributed by atoms with Gasteiger partial charge in [-0.25, -0.2) is 4.98 Å². The lowest BCUT2D eigenvalue weighted by Crippen LogP contribution is -2.41. The van der Waals surface area contributed by atoms with Crippen LogP contribution in [0.1, 0.15) is 45.2 Å². The van der Waals surface area contributed by atoms with Gasteiger partial charge < -0.3 is 9.64 Å². The van der Waals surface area contributed by atoms with Gasteiger partial charge in [0.25, 0.3) is 0 Å². The zero-order valence-electron chi connectivity index (χ0n) is 13.7. The minimum Gasteiger partial charge on any atom is -0.376 e. The molecule has 0 radical (unpaired) electrons. The number of piperidine rings is 1. The van der Waals surface area contributed by atoms with Crippen molar-refractivity contribution >= 4 is 11.5 Å². The van der Waals surface area contributed by atoms with Crippen molar-refractivity contribution in [3.05, 3.63) is 24.0 Å². The molecule has 1 aliphatic heterocycles. The van der Waals surface area contributed by atoms with E-state index in [2.05, 4.69) is 29.9 Å². The van der Waals surface area contributed by atoms with Crippen molar-refractivity contribution in [2.45, 2.75) is 52.1 Å². The number of aryl methyl sites for hydroxylation is 1. The van der Waals surface area contributed by atoms with Gasteiger partial charge in [-0.3, -0.25) is 0 Å². The Morgan fingerprint density at radius 2 is 2.23 bits per heavy atom. The standard InChI is InChI=1S/C17H26N4O/c1-3-6-14-12-17(21-16(19-14)8-9-18-21)20-10-5-7-15(13-20)22-11-4-2/h8-9,12,15H,3-7,10-11,13H2,1-2H3. The largest absolute Gasteiger partial charge is 0.376 e. The fourth-order valence-electron chi connectivity index (χ4n) is 3.12. The molecule has 2 aromatic rings. The number of fused-ring (bicyclic) bond motifs is 1. The van der Waals surface area contributed by atoms with Gasteiger partial charge in [-0.15, -0.1) is 0 Å². The van der Waals surface area contributed by atoms with E-state index in [4.69, 9.17) is 9.72 Å². The van der Waals surface area contributed by atoms with E-state index < -0.39 is 0 Å². The van der Waals surface area contributed by atoms with Crippen molar-refractivity contribution < 1.29 is 4.74 Å². The molecule has 0 saturated carbocycles. The summed E-state index contributed by atoms with van der Waals surface area (Å²) in [5.74, 6) is 1.16. The number of anilines is 1. The monoisotopic (exact) mass is 302 g/mol. The van der Waals surface area contributed by atoms with E-state index in [0.29, 0.717) is 6.10 Å². The lowest BCUT2D eigenvalue weighted by molar-refractivity contribution is 0.0438. The molecule has 3 heterocycles. The van der Waals surface area contributed by atoms with Crippen molar-refractivity contribution in [2.24, 2.45) is 0 Å². The predicted molar refractivity (Wildman–Crippen MR) is 88.5 cm³/mol. The lowest BCUT2D eigenvalue weighted by atomic mass is 10.1. The molecule has 1 atom stereocenters. The van der Waals surface area contributed by atoms with Gasteiger partial charge in [-0.05, 0) is 25.7 Å². The third-order valence-corrected chi connectivity index (χ3v) is 4.16. The van der Waals surface area contributed by atoms with Crippen LogP contribution in [-0.4, -0.2) is 40.4 Å². The van der Waals surface area contributed by atoms with Gasteiger partial charge in [0.05, 0.1) is 12.3 Å². The second-order valence-corrected chi connectivity index (χ2v) is 6.04. The van der Waals surface area contributed by atoms with Gasteiger partial charge in [-0.2, -0.15) is 9.61 Å². The molecule has 1 saturated heterocycles. The van der Waals surface area contributed by atoms with Crippen molar-refractivity contribution in [1.29, 1.82) is 0 Å². The first-order valence-electron chi connectivity index (χ1n) is 8.52. The molecule has 0 N–H and O–H groups in total. The van der Waals surface area contributed by atoms with E-state index in [1.165, 1.54) is 6.42 Å². The number of ether oxygens (including phenoxy) is 1. The first-order chi connectivity index (χ1) is 10.8. The molecule has 0 spiro atoms. The van der Waals surface area contributed by atoms with Gasteiger partial charge in [0.15, 0.2) is 5.65 Å². The first kappa shape index (κ1) is 15.3. The number of nitrogens with zero attached hydrogens (tertiary/aromatic N) is 4. The van der Waals surface area contributed by atoms with E-state index in [1.54, 1.807) is 0 Å². The van der Waals surface area contributed by atoms with Crippen molar-refractivity contribution in [2.75, 3.05) is 24.6 Å². The van der Waals surface area contributed by atoms with Gasteiger partial charge >= 0.3 is 0 Å². The second-order valence-electron chi connectivity index (χ2n) is 6.04. The zero-order chi connectivity index (χ0) is 15.4. The van der Waals surface area contributed by atoms with Crippen LogP contribution in [0, 0.1) is 0 Å². The Hall–Kier alpha value is -1.62. The van der Waals surface area contributed by atoms with Crippen LogP contribution in [0.25, 0.3) is 5.65 Å². The topological polar surface area (TPSA) is 42.7 Å². The van der Waals surface area contributed by atoms with Crippen LogP contribution in [0.4, 0.5) is 5.82 Å². The van der Waals surface area contributed by atoms with E-state index in [9.17, 15) is 0 Å². The summed E-state index contributed by atoms with van der Waals surface area (Å²) in [5.41, 5.74) is 2.10. The maximum Gasteiger partial charge on any atom is 0.157 e.